The van der Waals surface area contributed by atoms with Crippen molar-refractivity contribution in [2.24, 2.45) is 4.99 Å². The van der Waals surface area contributed by atoms with Crippen LogP contribution in [0, 0.1) is 7.14 Å². The van der Waals surface area contributed by atoms with Gasteiger partial charge in [-0.1, -0.05) is 36.1 Å². The summed E-state index contributed by atoms with van der Waals surface area (Å²) in [7, 11) is 0. The zero-order valence-electron chi connectivity index (χ0n) is 22.0. The molecule has 204 valence electrons. The number of halogens is 2. The van der Waals surface area contributed by atoms with Crippen LogP contribution in [0.2, 0.25) is 0 Å². The molecule has 1 atom stereocenters. The van der Waals surface area contributed by atoms with Crippen LogP contribution in [-0.2, 0) is 9.53 Å². The third kappa shape index (κ3) is 6.49. The number of carbonyl (C=O) groups is 1. The van der Waals surface area contributed by atoms with Crippen LogP contribution in [0.5, 0.6) is 11.5 Å². The van der Waals surface area contributed by atoms with Crippen LogP contribution in [-0.4, -0.2) is 29.9 Å². The number of esters is 1. The Kier molecular flexibility index (Phi) is 9.70. The first-order valence-electron chi connectivity index (χ1n) is 12.3. The van der Waals surface area contributed by atoms with E-state index in [1.165, 1.54) is 11.3 Å². The number of nitrogens with zero attached hydrogens (tertiary/aromatic N) is 2. The summed E-state index contributed by atoms with van der Waals surface area (Å²) in [4.78, 5) is 32.4. The number of rotatable bonds is 9. The van der Waals surface area contributed by atoms with Gasteiger partial charge in [0.1, 0.15) is 18.1 Å². The summed E-state index contributed by atoms with van der Waals surface area (Å²) in [6.07, 6.45) is 3.24. The molecule has 39 heavy (non-hydrogen) atoms. The van der Waals surface area contributed by atoms with E-state index in [1.807, 2.05) is 49.4 Å². The fourth-order valence-electron chi connectivity index (χ4n) is 4.18. The van der Waals surface area contributed by atoms with Gasteiger partial charge >= 0.3 is 5.97 Å². The normalized spacial score (nSPS) is 15.2. The molecule has 0 saturated carbocycles. The Morgan fingerprint density at radius 2 is 1.85 bits per heavy atom. The Morgan fingerprint density at radius 1 is 1.18 bits per heavy atom. The first kappa shape index (κ1) is 29.5. The summed E-state index contributed by atoms with van der Waals surface area (Å²) in [5.41, 5.74) is 2.29. The van der Waals surface area contributed by atoms with Gasteiger partial charge in [-0.3, -0.25) is 9.36 Å². The number of fused-ring (bicyclic) bond motifs is 1. The zero-order chi connectivity index (χ0) is 28.3. The first-order chi connectivity index (χ1) is 18.6. The van der Waals surface area contributed by atoms with Gasteiger partial charge in [0.15, 0.2) is 4.80 Å². The molecule has 0 aliphatic carbocycles. The molecule has 0 bridgehead atoms. The van der Waals surface area contributed by atoms with Crippen molar-refractivity contribution in [3.05, 3.63) is 98.3 Å². The third-order valence-corrected chi connectivity index (χ3v) is 8.34. The van der Waals surface area contributed by atoms with Gasteiger partial charge in [0, 0.05) is 0 Å². The smallest absolute Gasteiger partial charge is 0.338 e. The minimum Gasteiger partial charge on any atom is -0.494 e. The molecule has 0 amide bonds. The quantitative estimate of drug-likeness (QED) is 0.167. The van der Waals surface area contributed by atoms with Crippen LogP contribution in [0.4, 0.5) is 0 Å². The second-order valence-electron chi connectivity index (χ2n) is 8.95. The lowest BCUT2D eigenvalue weighted by Gasteiger charge is -2.25. The van der Waals surface area contributed by atoms with Crippen molar-refractivity contribution in [1.29, 1.82) is 0 Å². The van der Waals surface area contributed by atoms with E-state index in [4.69, 9.17) is 14.2 Å². The lowest BCUT2D eigenvalue weighted by molar-refractivity contribution is -0.143. The van der Waals surface area contributed by atoms with Crippen LogP contribution in [0.1, 0.15) is 44.9 Å². The Morgan fingerprint density at radius 3 is 2.44 bits per heavy atom. The topological polar surface area (TPSA) is 79.1 Å². The maximum atomic E-state index is 13.9. The van der Waals surface area contributed by atoms with Crippen LogP contribution < -0.4 is 24.4 Å². The molecule has 0 fully saturated rings. The number of hydrogen-bond acceptors (Lipinski definition) is 7. The highest BCUT2D eigenvalue weighted by Crippen LogP contribution is 2.32. The Labute approximate surface area is 258 Å². The maximum Gasteiger partial charge on any atom is 0.338 e. The van der Waals surface area contributed by atoms with E-state index in [2.05, 4.69) is 56.8 Å². The molecule has 1 aromatic heterocycles. The van der Waals surface area contributed by atoms with Crippen molar-refractivity contribution in [3.63, 3.8) is 0 Å². The van der Waals surface area contributed by atoms with Crippen molar-refractivity contribution in [2.45, 2.75) is 39.8 Å². The van der Waals surface area contributed by atoms with E-state index in [9.17, 15) is 9.59 Å². The third-order valence-electron chi connectivity index (χ3n) is 5.76. The molecule has 0 saturated heterocycles. The lowest BCUT2D eigenvalue weighted by Crippen LogP contribution is -2.40. The largest absolute Gasteiger partial charge is 0.494 e. The van der Waals surface area contributed by atoms with Crippen LogP contribution in [0.15, 0.2) is 70.1 Å². The molecular formula is C29H28I2N2O5S. The minimum absolute atomic E-state index is 0.225. The van der Waals surface area contributed by atoms with Crippen LogP contribution in [0.3, 0.4) is 0 Å². The van der Waals surface area contributed by atoms with Crippen molar-refractivity contribution in [2.75, 3.05) is 13.2 Å². The molecular weight excluding hydrogens is 742 g/mol. The van der Waals surface area contributed by atoms with Gasteiger partial charge in [0.2, 0.25) is 0 Å². The van der Waals surface area contributed by atoms with Crippen molar-refractivity contribution >= 4 is 68.6 Å². The fourth-order valence-corrected chi connectivity index (χ4v) is 7.36. The molecule has 4 rings (SSSR count). The van der Waals surface area contributed by atoms with Gasteiger partial charge in [-0.2, -0.15) is 0 Å². The standard InChI is InChI=1S/C29H28I2N2O5S/c1-6-12-37-26-21(30)13-18(14-22(26)31)15-23-27(34)33-25(19-8-10-20(11-9-19)36-7-2)24(28(35)38-16(3)4)17(5)32-29(33)39-23/h6,8-11,13-16,25H,1,7,12H2,2-5H3/b23-15+/t25-/m0/s1. The monoisotopic (exact) mass is 770 g/mol. The molecule has 0 spiro atoms. The lowest BCUT2D eigenvalue weighted by atomic mass is 9.96. The molecule has 7 nitrogen and oxygen atoms in total. The van der Waals surface area contributed by atoms with Gasteiger partial charge in [-0.05, 0) is 114 Å². The SMILES string of the molecule is C=CCOc1c(I)cc(/C=c2/sc3n(c2=O)[C@@H](c2ccc(OCC)cc2)C(C(=O)OC(C)C)=C(C)N=3)cc1I. The second kappa shape index (κ2) is 12.8. The van der Waals surface area contributed by atoms with E-state index in [1.54, 1.807) is 31.4 Å². The number of thiazole rings is 1. The molecule has 2 aromatic carbocycles. The summed E-state index contributed by atoms with van der Waals surface area (Å²) < 4.78 is 20.9. The van der Waals surface area contributed by atoms with Gasteiger partial charge in [0.25, 0.3) is 5.56 Å². The van der Waals surface area contributed by atoms with Crippen LogP contribution in [0.25, 0.3) is 6.08 Å². The molecule has 0 radical (unpaired) electrons. The molecule has 0 unspecified atom stereocenters. The molecule has 0 N–H and O–H groups in total. The Hall–Kier alpha value is -2.45. The van der Waals surface area contributed by atoms with Crippen molar-refractivity contribution < 1.29 is 19.0 Å². The van der Waals surface area contributed by atoms with Gasteiger partial charge < -0.3 is 14.2 Å². The zero-order valence-corrected chi connectivity index (χ0v) is 27.1. The highest BCUT2D eigenvalue weighted by atomic mass is 127. The summed E-state index contributed by atoms with van der Waals surface area (Å²) in [6, 6.07) is 10.7. The summed E-state index contributed by atoms with van der Waals surface area (Å²) in [5, 5.41) is 0. The molecule has 2 heterocycles. The Balaban J connectivity index is 1.87. The Bertz CT molecular complexity index is 1600. The summed E-state index contributed by atoms with van der Waals surface area (Å²) in [6.45, 7) is 12.0. The van der Waals surface area contributed by atoms with Gasteiger partial charge in [-0.15, -0.1) is 0 Å². The first-order valence-corrected chi connectivity index (χ1v) is 15.3. The average Bonchev–Trinajstić information content (AvgIpc) is 3.17. The number of allylic oxidation sites excluding steroid dienone is 1. The van der Waals surface area contributed by atoms with Gasteiger partial charge in [0.05, 0.1) is 41.7 Å². The second-order valence-corrected chi connectivity index (χ2v) is 12.3. The predicted octanol–water partition coefficient (Wildman–Crippen LogP) is 5.36. The van der Waals surface area contributed by atoms with E-state index in [0.717, 1.165) is 24.0 Å². The van der Waals surface area contributed by atoms with E-state index >= 15 is 0 Å². The maximum absolute atomic E-state index is 13.9. The molecule has 10 heteroatoms. The highest BCUT2D eigenvalue weighted by Gasteiger charge is 2.33. The molecule has 1 aliphatic rings. The number of carbonyl (C=O) groups excluding carboxylic acids is 1. The van der Waals surface area contributed by atoms with Crippen LogP contribution >= 0.6 is 56.5 Å². The number of ether oxygens (including phenoxy) is 3. The van der Waals surface area contributed by atoms with Crippen molar-refractivity contribution in [1.82, 2.24) is 4.57 Å². The number of benzene rings is 2. The fraction of sp³-hybridized carbons (Fsp3) is 0.276. The van der Waals surface area contributed by atoms with E-state index in [0.29, 0.717) is 39.6 Å². The summed E-state index contributed by atoms with van der Waals surface area (Å²) >= 11 is 5.76. The highest BCUT2D eigenvalue weighted by molar-refractivity contribution is 14.1. The van der Waals surface area contributed by atoms with E-state index < -0.39 is 12.0 Å². The molecule has 1 aliphatic heterocycles. The minimum atomic E-state index is -0.680. The summed E-state index contributed by atoms with van der Waals surface area (Å²) in [5.74, 6) is 1.01. The predicted molar refractivity (Wildman–Crippen MR) is 170 cm³/mol. The van der Waals surface area contributed by atoms with Crippen molar-refractivity contribution in [3.8, 4) is 11.5 Å². The van der Waals surface area contributed by atoms with E-state index in [-0.39, 0.29) is 11.7 Å². The average molecular weight is 770 g/mol. The number of aromatic nitrogens is 1. The number of hydrogen-bond donors (Lipinski definition) is 0. The molecule has 3 aromatic rings. The van der Waals surface area contributed by atoms with Gasteiger partial charge in [-0.25, -0.2) is 9.79 Å².